The van der Waals surface area contributed by atoms with Crippen molar-refractivity contribution < 1.29 is 14.3 Å². The summed E-state index contributed by atoms with van der Waals surface area (Å²) in [5.74, 6) is -1.03. The molecule has 1 fully saturated rings. The molecule has 0 N–H and O–H groups in total. The van der Waals surface area contributed by atoms with Gasteiger partial charge in [0.15, 0.2) is 0 Å². The molecule has 0 atom stereocenters. The molecule has 14 heavy (non-hydrogen) atoms. The van der Waals surface area contributed by atoms with Gasteiger partial charge in [0.2, 0.25) is 0 Å². The van der Waals surface area contributed by atoms with E-state index in [0.717, 1.165) is 19.3 Å². The fourth-order valence-corrected chi connectivity index (χ4v) is 1.29. The van der Waals surface area contributed by atoms with E-state index >= 15 is 0 Å². The summed E-state index contributed by atoms with van der Waals surface area (Å²) in [7, 11) is 0. The lowest BCUT2D eigenvalue weighted by molar-refractivity contribution is -0.149. The Morgan fingerprint density at radius 1 is 1.07 bits per heavy atom. The summed E-state index contributed by atoms with van der Waals surface area (Å²) in [6.07, 6.45) is 5.97. The molecule has 3 nitrogen and oxygen atoms in total. The van der Waals surface area contributed by atoms with Crippen LogP contribution in [0.25, 0.3) is 0 Å². The van der Waals surface area contributed by atoms with Gasteiger partial charge in [0.1, 0.15) is 0 Å². The monoisotopic (exact) mass is 194 g/mol. The van der Waals surface area contributed by atoms with Gasteiger partial charge in [0.05, 0.1) is 11.1 Å². The Morgan fingerprint density at radius 3 is 2.14 bits per heavy atom. The molecular formula is C11H14O3. The van der Waals surface area contributed by atoms with Crippen molar-refractivity contribution in [3.8, 4) is 0 Å². The average molecular weight is 194 g/mol. The van der Waals surface area contributed by atoms with Gasteiger partial charge in [-0.25, -0.2) is 9.59 Å². The van der Waals surface area contributed by atoms with Gasteiger partial charge >= 0.3 is 11.9 Å². The van der Waals surface area contributed by atoms with E-state index < -0.39 is 11.9 Å². The number of esters is 2. The van der Waals surface area contributed by atoms with Crippen molar-refractivity contribution in [2.75, 3.05) is 0 Å². The van der Waals surface area contributed by atoms with Crippen molar-refractivity contribution in [3.05, 3.63) is 23.3 Å². The third kappa shape index (κ3) is 2.10. The molecule has 1 saturated heterocycles. The molecule has 1 aliphatic heterocycles. The highest BCUT2D eigenvalue weighted by Crippen LogP contribution is 2.23. The van der Waals surface area contributed by atoms with Crippen molar-refractivity contribution in [3.63, 3.8) is 0 Å². The van der Waals surface area contributed by atoms with Crippen LogP contribution in [-0.2, 0) is 14.3 Å². The van der Waals surface area contributed by atoms with E-state index in [1.54, 1.807) is 12.2 Å². The minimum absolute atomic E-state index is 0.422. The van der Waals surface area contributed by atoms with E-state index in [-0.39, 0.29) is 0 Å². The maximum atomic E-state index is 11.2. The van der Waals surface area contributed by atoms with E-state index in [1.807, 2.05) is 13.8 Å². The molecule has 0 aliphatic carbocycles. The number of carbonyl (C=O) groups excluding carboxylic acids is 2. The van der Waals surface area contributed by atoms with Crippen molar-refractivity contribution >= 4 is 11.9 Å². The lowest BCUT2D eigenvalue weighted by atomic mass is 10.1. The first-order chi connectivity index (χ1) is 6.70. The zero-order valence-electron chi connectivity index (χ0n) is 8.50. The first-order valence-corrected chi connectivity index (χ1v) is 4.87. The summed E-state index contributed by atoms with van der Waals surface area (Å²) in [5, 5.41) is 0. The molecule has 1 heterocycles. The van der Waals surface area contributed by atoms with Gasteiger partial charge in [-0.3, -0.25) is 0 Å². The minimum atomic E-state index is -0.515. The SMILES string of the molecule is CCC=C1C(=O)OC(=O)C1=CCCC. The molecule has 0 radical (unpaired) electrons. The maximum Gasteiger partial charge on any atom is 0.346 e. The zero-order valence-corrected chi connectivity index (χ0v) is 8.50. The van der Waals surface area contributed by atoms with Gasteiger partial charge in [-0.05, 0) is 12.8 Å². The molecule has 0 unspecified atom stereocenters. The lowest BCUT2D eigenvalue weighted by Crippen LogP contribution is -1.97. The highest BCUT2D eigenvalue weighted by atomic mass is 16.6. The van der Waals surface area contributed by atoms with Crippen LogP contribution in [0, 0.1) is 0 Å². The molecule has 0 aromatic rings. The van der Waals surface area contributed by atoms with Gasteiger partial charge in [-0.15, -0.1) is 0 Å². The molecule has 0 aromatic heterocycles. The third-order valence-corrected chi connectivity index (χ3v) is 1.96. The van der Waals surface area contributed by atoms with Crippen LogP contribution >= 0.6 is 0 Å². The number of hydrogen-bond acceptors (Lipinski definition) is 3. The summed E-state index contributed by atoms with van der Waals surface area (Å²) >= 11 is 0. The molecule has 3 heteroatoms. The molecule has 0 amide bonds. The topological polar surface area (TPSA) is 43.4 Å². The van der Waals surface area contributed by atoms with E-state index in [1.165, 1.54) is 0 Å². The van der Waals surface area contributed by atoms with Gasteiger partial charge < -0.3 is 4.74 Å². The van der Waals surface area contributed by atoms with Crippen LogP contribution in [0.5, 0.6) is 0 Å². The molecule has 0 aromatic carbocycles. The molecule has 1 rings (SSSR count). The van der Waals surface area contributed by atoms with E-state index in [0.29, 0.717) is 11.1 Å². The summed E-state index contributed by atoms with van der Waals surface area (Å²) in [6.45, 7) is 3.93. The summed E-state index contributed by atoms with van der Waals surface area (Å²) < 4.78 is 4.52. The van der Waals surface area contributed by atoms with Crippen LogP contribution in [-0.4, -0.2) is 11.9 Å². The smallest absolute Gasteiger partial charge is 0.346 e. The number of rotatable bonds is 3. The second-order valence-corrected chi connectivity index (χ2v) is 3.11. The Labute approximate surface area is 83.4 Å². The molecular weight excluding hydrogens is 180 g/mol. The second kappa shape index (κ2) is 4.74. The summed E-state index contributed by atoms with van der Waals surface area (Å²) in [4.78, 5) is 22.4. The fourth-order valence-electron chi connectivity index (χ4n) is 1.29. The van der Waals surface area contributed by atoms with Crippen LogP contribution in [0.3, 0.4) is 0 Å². The zero-order chi connectivity index (χ0) is 10.6. The molecule has 0 saturated carbocycles. The molecule has 0 bridgehead atoms. The first kappa shape index (κ1) is 10.7. The summed E-state index contributed by atoms with van der Waals surface area (Å²) in [6, 6.07) is 0. The van der Waals surface area contributed by atoms with E-state index in [9.17, 15) is 9.59 Å². The van der Waals surface area contributed by atoms with Gasteiger partial charge in [-0.1, -0.05) is 32.4 Å². The third-order valence-electron chi connectivity index (χ3n) is 1.96. The van der Waals surface area contributed by atoms with Gasteiger partial charge in [0, 0.05) is 0 Å². The predicted molar refractivity (Wildman–Crippen MR) is 52.5 cm³/mol. The molecule has 76 valence electrons. The highest BCUT2D eigenvalue weighted by Gasteiger charge is 2.32. The molecule has 0 spiro atoms. The second-order valence-electron chi connectivity index (χ2n) is 3.11. The quantitative estimate of drug-likeness (QED) is 0.392. The normalized spacial score (nSPS) is 22.1. The van der Waals surface area contributed by atoms with Crippen LogP contribution in [0.1, 0.15) is 33.1 Å². The number of hydrogen-bond donors (Lipinski definition) is 0. The Bertz CT molecular complexity index is 310. The number of unbranched alkanes of at least 4 members (excludes halogenated alkanes) is 1. The Morgan fingerprint density at radius 2 is 1.64 bits per heavy atom. The van der Waals surface area contributed by atoms with Crippen molar-refractivity contribution in [1.82, 2.24) is 0 Å². The molecule has 1 aliphatic rings. The number of ether oxygens (including phenoxy) is 1. The first-order valence-electron chi connectivity index (χ1n) is 4.87. The standard InChI is InChI=1S/C11H14O3/c1-3-5-7-9-8(6-4-2)10(12)14-11(9)13/h6-7H,3-5H2,1-2H3. The van der Waals surface area contributed by atoms with Crippen molar-refractivity contribution in [1.29, 1.82) is 0 Å². The Balaban J connectivity index is 2.95. The predicted octanol–water partition coefficient (Wildman–Crippen LogP) is 2.13. The minimum Gasteiger partial charge on any atom is -0.386 e. The van der Waals surface area contributed by atoms with Crippen LogP contribution in [0.4, 0.5) is 0 Å². The largest absolute Gasteiger partial charge is 0.386 e. The van der Waals surface area contributed by atoms with Crippen LogP contribution in [0.15, 0.2) is 23.3 Å². The maximum absolute atomic E-state index is 11.2. The lowest BCUT2D eigenvalue weighted by Gasteiger charge is -1.92. The number of carbonyl (C=O) groups is 2. The van der Waals surface area contributed by atoms with Crippen LogP contribution in [0.2, 0.25) is 0 Å². The average Bonchev–Trinajstić information content (AvgIpc) is 2.40. The number of cyclic esters (lactones) is 2. The van der Waals surface area contributed by atoms with Crippen LogP contribution < -0.4 is 0 Å². The Hall–Kier alpha value is -1.38. The fraction of sp³-hybridized carbons (Fsp3) is 0.455. The van der Waals surface area contributed by atoms with Crippen molar-refractivity contribution in [2.24, 2.45) is 0 Å². The highest BCUT2D eigenvalue weighted by molar-refractivity contribution is 6.18. The summed E-state index contributed by atoms with van der Waals surface area (Å²) in [5.41, 5.74) is 0.852. The van der Waals surface area contributed by atoms with Crippen molar-refractivity contribution in [2.45, 2.75) is 33.1 Å². The van der Waals surface area contributed by atoms with E-state index in [2.05, 4.69) is 4.74 Å². The van der Waals surface area contributed by atoms with Gasteiger partial charge in [0.25, 0.3) is 0 Å². The number of allylic oxidation sites excluding steroid dienone is 2. The van der Waals surface area contributed by atoms with Gasteiger partial charge in [-0.2, -0.15) is 0 Å². The Kier molecular flexibility index (Phi) is 3.63. The van der Waals surface area contributed by atoms with E-state index in [4.69, 9.17) is 0 Å².